The van der Waals surface area contributed by atoms with E-state index in [1.807, 2.05) is 30.3 Å². The van der Waals surface area contributed by atoms with Crippen LogP contribution in [-0.4, -0.2) is 40.6 Å². The molecule has 2 aromatic rings. The highest BCUT2D eigenvalue weighted by Gasteiger charge is 2.36. The summed E-state index contributed by atoms with van der Waals surface area (Å²) < 4.78 is 0. The molecule has 0 saturated carbocycles. The van der Waals surface area contributed by atoms with Gasteiger partial charge in [-0.3, -0.25) is 19.3 Å². The zero-order valence-electron chi connectivity index (χ0n) is 14.9. The Morgan fingerprint density at radius 1 is 0.926 bits per heavy atom. The Kier molecular flexibility index (Phi) is 5.31. The van der Waals surface area contributed by atoms with E-state index in [9.17, 15) is 14.4 Å². The number of hydrogen-bond donors (Lipinski definition) is 0. The minimum atomic E-state index is -0.382. The van der Waals surface area contributed by atoms with Crippen molar-refractivity contribution in [2.24, 2.45) is 0 Å². The van der Waals surface area contributed by atoms with E-state index in [0.29, 0.717) is 24.2 Å². The molecule has 0 radical (unpaired) electrons. The molecule has 0 N–H and O–H groups in total. The molecule has 0 saturated heterocycles. The summed E-state index contributed by atoms with van der Waals surface area (Å²) in [4.78, 5) is 40.8. The van der Waals surface area contributed by atoms with Crippen molar-refractivity contribution in [1.29, 1.82) is 0 Å². The molecular weight excluding hydrogens is 340 g/mol. The van der Waals surface area contributed by atoms with Crippen molar-refractivity contribution in [2.45, 2.75) is 6.54 Å². The molecule has 0 bridgehead atoms. The van der Waals surface area contributed by atoms with Crippen LogP contribution < -0.4 is 0 Å². The molecule has 136 valence electrons. The number of benzene rings is 2. The first kappa shape index (κ1) is 18.3. The second-order valence-corrected chi connectivity index (χ2v) is 6.23. The fraction of sp³-hybridized carbons (Fsp3) is 0.136. The molecular formula is C22H20N2O3. The van der Waals surface area contributed by atoms with Crippen LogP contribution in [0.25, 0.3) is 0 Å². The highest BCUT2D eigenvalue weighted by molar-refractivity contribution is 6.22. The van der Waals surface area contributed by atoms with Crippen LogP contribution in [0.15, 0.2) is 73.8 Å². The molecule has 1 heterocycles. The molecule has 3 amide bonds. The van der Waals surface area contributed by atoms with Crippen molar-refractivity contribution in [1.82, 2.24) is 9.80 Å². The van der Waals surface area contributed by atoms with E-state index in [-0.39, 0.29) is 29.8 Å². The molecule has 27 heavy (non-hydrogen) atoms. The Hall–Kier alpha value is -3.47. The predicted octanol–water partition coefficient (Wildman–Crippen LogP) is 3.30. The van der Waals surface area contributed by atoms with Gasteiger partial charge in [0.05, 0.1) is 17.7 Å². The van der Waals surface area contributed by atoms with E-state index in [2.05, 4.69) is 13.2 Å². The number of amides is 3. The minimum absolute atomic E-state index is 0.204. The molecule has 1 aliphatic heterocycles. The zero-order chi connectivity index (χ0) is 19.4. The Bertz CT molecular complexity index is 908. The third-order valence-corrected chi connectivity index (χ3v) is 4.39. The van der Waals surface area contributed by atoms with Gasteiger partial charge in [0, 0.05) is 18.7 Å². The van der Waals surface area contributed by atoms with Gasteiger partial charge in [0.15, 0.2) is 0 Å². The van der Waals surface area contributed by atoms with Crippen LogP contribution in [0.3, 0.4) is 0 Å². The van der Waals surface area contributed by atoms with E-state index in [1.165, 1.54) is 11.0 Å². The van der Waals surface area contributed by atoms with Gasteiger partial charge in [-0.25, -0.2) is 0 Å². The van der Waals surface area contributed by atoms with Gasteiger partial charge in [-0.2, -0.15) is 0 Å². The normalized spacial score (nSPS) is 12.7. The standard InChI is InChI=1S/C22H20N2O3/c1-3-12-23(13-4-2)20(25)17-10-11-18-19(14-17)22(27)24(21(18)26)15-16-8-6-5-7-9-16/h3-11,14H,1-2,12-13,15H2. The largest absolute Gasteiger partial charge is 0.331 e. The highest BCUT2D eigenvalue weighted by Crippen LogP contribution is 2.26. The van der Waals surface area contributed by atoms with Gasteiger partial charge in [-0.05, 0) is 23.8 Å². The Balaban J connectivity index is 1.87. The van der Waals surface area contributed by atoms with E-state index in [0.717, 1.165) is 5.56 Å². The van der Waals surface area contributed by atoms with Gasteiger partial charge < -0.3 is 4.90 Å². The zero-order valence-corrected chi connectivity index (χ0v) is 14.9. The summed E-state index contributed by atoms with van der Waals surface area (Å²) in [5, 5.41) is 0. The summed E-state index contributed by atoms with van der Waals surface area (Å²) in [5.41, 5.74) is 1.82. The molecule has 2 aromatic carbocycles. The average Bonchev–Trinajstić information content (AvgIpc) is 2.92. The lowest BCUT2D eigenvalue weighted by molar-refractivity contribution is 0.0642. The second kappa shape index (κ2) is 7.83. The lowest BCUT2D eigenvalue weighted by Crippen LogP contribution is -2.31. The highest BCUT2D eigenvalue weighted by atomic mass is 16.2. The molecule has 3 rings (SSSR count). The minimum Gasteiger partial charge on any atom is -0.331 e. The van der Waals surface area contributed by atoms with Crippen LogP contribution in [0.1, 0.15) is 36.6 Å². The summed E-state index contributed by atoms with van der Waals surface area (Å²) in [7, 11) is 0. The fourth-order valence-corrected chi connectivity index (χ4v) is 3.07. The summed E-state index contributed by atoms with van der Waals surface area (Å²) in [6, 6.07) is 14.0. The maximum absolute atomic E-state index is 12.8. The molecule has 5 heteroatoms. The summed E-state index contributed by atoms with van der Waals surface area (Å²) in [6.07, 6.45) is 3.26. The van der Waals surface area contributed by atoms with Crippen molar-refractivity contribution in [3.63, 3.8) is 0 Å². The van der Waals surface area contributed by atoms with Crippen LogP contribution in [0.2, 0.25) is 0 Å². The first-order valence-corrected chi connectivity index (χ1v) is 8.62. The third-order valence-electron chi connectivity index (χ3n) is 4.39. The second-order valence-electron chi connectivity index (χ2n) is 6.23. The van der Waals surface area contributed by atoms with E-state index < -0.39 is 0 Å². The number of imide groups is 1. The van der Waals surface area contributed by atoms with Crippen LogP contribution in [0.4, 0.5) is 0 Å². The van der Waals surface area contributed by atoms with E-state index in [4.69, 9.17) is 0 Å². The van der Waals surface area contributed by atoms with Gasteiger partial charge in [-0.1, -0.05) is 42.5 Å². The molecule has 0 unspecified atom stereocenters. The van der Waals surface area contributed by atoms with Gasteiger partial charge >= 0.3 is 0 Å². The topological polar surface area (TPSA) is 57.7 Å². The SMILES string of the molecule is C=CCN(CC=C)C(=O)c1ccc2c(c1)C(=O)N(Cc1ccccc1)C2=O. The van der Waals surface area contributed by atoms with Crippen molar-refractivity contribution >= 4 is 17.7 Å². The summed E-state index contributed by atoms with van der Waals surface area (Å²) in [6.45, 7) is 8.25. The monoisotopic (exact) mass is 360 g/mol. The number of hydrogen-bond acceptors (Lipinski definition) is 3. The van der Waals surface area contributed by atoms with Crippen molar-refractivity contribution in [3.8, 4) is 0 Å². The molecule has 0 fully saturated rings. The smallest absolute Gasteiger partial charge is 0.261 e. The lowest BCUT2D eigenvalue weighted by Gasteiger charge is -2.19. The van der Waals surface area contributed by atoms with E-state index in [1.54, 1.807) is 29.2 Å². The molecule has 1 aliphatic rings. The lowest BCUT2D eigenvalue weighted by atomic mass is 10.0. The molecule has 0 aromatic heterocycles. The van der Waals surface area contributed by atoms with Crippen LogP contribution >= 0.6 is 0 Å². The van der Waals surface area contributed by atoms with Crippen molar-refractivity contribution in [3.05, 3.63) is 96.1 Å². The van der Waals surface area contributed by atoms with Gasteiger partial charge in [0.1, 0.15) is 0 Å². The first-order chi connectivity index (χ1) is 13.1. The van der Waals surface area contributed by atoms with Crippen molar-refractivity contribution in [2.75, 3.05) is 13.1 Å². The average molecular weight is 360 g/mol. The molecule has 0 spiro atoms. The summed E-state index contributed by atoms with van der Waals surface area (Å²) in [5.74, 6) is -0.959. The maximum Gasteiger partial charge on any atom is 0.261 e. The van der Waals surface area contributed by atoms with E-state index >= 15 is 0 Å². The van der Waals surface area contributed by atoms with Crippen LogP contribution in [-0.2, 0) is 6.54 Å². The predicted molar refractivity (Wildman–Crippen MR) is 103 cm³/mol. The molecule has 5 nitrogen and oxygen atoms in total. The number of carbonyl (C=O) groups excluding carboxylic acids is 3. The molecule has 0 aliphatic carbocycles. The number of fused-ring (bicyclic) bond motifs is 1. The quantitative estimate of drug-likeness (QED) is 0.562. The van der Waals surface area contributed by atoms with Crippen LogP contribution in [0, 0.1) is 0 Å². The van der Waals surface area contributed by atoms with Gasteiger partial charge in [-0.15, -0.1) is 13.2 Å². The number of carbonyl (C=O) groups is 3. The summed E-state index contributed by atoms with van der Waals surface area (Å²) >= 11 is 0. The third kappa shape index (κ3) is 3.58. The van der Waals surface area contributed by atoms with Gasteiger partial charge in [0.25, 0.3) is 17.7 Å². The maximum atomic E-state index is 12.8. The fourth-order valence-electron chi connectivity index (χ4n) is 3.07. The first-order valence-electron chi connectivity index (χ1n) is 8.62. The number of nitrogens with zero attached hydrogens (tertiary/aromatic N) is 2. The molecule has 0 atom stereocenters. The Morgan fingerprint density at radius 2 is 1.56 bits per heavy atom. The van der Waals surface area contributed by atoms with Crippen molar-refractivity contribution < 1.29 is 14.4 Å². The Labute approximate surface area is 158 Å². The number of rotatable bonds is 7. The van der Waals surface area contributed by atoms with Crippen LogP contribution in [0.5, 0.6) is 0 Å². The Morgan fingerprint density at radius 3 is 2.19 bits per heavy atom. The van der Waals surface area contributed by atoms with Gasteiger partial charge in [0.2, 0.25) is 0 Å².